The van der Waals surface area contributed by atoms with Gasteiger partial charge in [-0.3, -0.25) is 9.37 Å². The second-order valence-corrected chi connectivity index (χ2v) is 7.20. The van der Waals surface area contributed by atoms with Crippen LogP contribution in [0.25, 0.3) is 11.0 Å². The largest absolute Gasteiger partial charge is 0.497 e. The topological polar surface area (TPSA) is 107 Å². The van der Waals surface area contributed by atoms with Crippen molar-refractivity contribution in [3.05, 3.63) is 42.1 Å². The maximum absolute atomic E-state index is 12.5. The van der Waals surface area contributed by atoms with Gasteiger partial charge in [0.15, 0.2) is 5.82 Å². The minimum atomic E-state index is -0.684. The normalized spacial score (nSPS) is 11.6. The molecule has 176 valence electrons. The molecule has 0 amide bonds. The lowest BCUT2D eigenvalue weighted by Crippen LogP contribution is -2.31. The quantitative estimate of drug-likeness (QED) is 0.311. The summed E-state index contributed by atoms with van der Waals surface area (Å²) in [6, 6.07) is 8.43. The molecule has 0 fully saturated rings. The smallest absolute Gasteiger partial charge is 0.328 e. The molecule has 0 saturated carbocycles. The number of benzene rings is 1. The SMILES string of the molecule is COC(=O)C(CCCCF)Nc1nc(NCc2ccc(OC)cc2OC)nc2cccnc12. The highest BCUT2D eigenvalue weighted by Crippen LogP contribution is 2.26. The minimum Gasteiger partial charge on any atom is -0.497 e. The van der Waals surface area contributed by atoms with E-state index in [0.29, 0.717) is 60.1 Å². The fourth-order valence-corrected chi connectivity index (χ4v) is 3.32. The van der Waals surface area contributed by atoms with Gasteiger partial charge in [-0.1, -0.05) is 0 Å². The van der Waals surface area contributed by atoms with Crippen molar-refractivity contribution in [3.8, 4) is 11.5 Å². The fraction of sp³-hybridized carbons (Fsp3) is 0.391. The Morgan fingerprint density at radius 1 is 1.12 bits per heavy atom. The molecular weight excluding hydrogens is 429 g/mol. The van der Waals surface area contributed by atoms with Gasteiger partial charge in [0.1, 0.15) is 23.1 Å². The minimum absolute atomic E-state index is 0.350. The maximum atomic E-state index is 12.5. The van der Waals surface area contributed by atoms with Crippen LogP contribution < -0.4 is 20.1 Å². The molecule has 0 aliphatic carbocycles. The van der Waals surface area contributed by atoms with Crippen molar-refractivity contribution in [2.45, 2.75) is 31.8 Å². The maximum Gasteiger partial charge on any atom is 0.328 e. The number of hydrogen-bond acceptors (Lipinski definition) is 9. The van der Waals surface area contributed by atoms with Gasteiger partial charge in [0.2, 0.25) is 5.95 Å². The summed E-state index contributed by atoms with van der Waals surface area (Å²) in [5.74, 6) is 1.65. The Hall–Kier alpha value is -3.69. The van der Waals surface area contributed by atoms with Gasteiger partial charge in [0, 0.05) is 24.4 Å². The average Bonchev–Trinajstić information content (AvgIpc) is 2.86. The lowest BCUT2D eigenvalue weighted by atomic mass is 10.1. The van der Waals surface area contributed by atoms with E-state index in [-0.39, 0.29) is 0 Å². The van der Waals surface area contributed by atoms with E-state index in [9.17, 15) is 9.18 Å². The molecule has 2 N–H and O–H groups in total. The van der Waals surface area contributed by atoms with E-state index in [0.717, 1.165) is 5.56 Å². The molecule has 1 aromatic carbocycles. The zero-order chi connectivity index (χ0) is 23.6. The Bertz CT molecular complexity index is 1080. The molecule has 1 atom stereocenters. The summed E-state index contributed by atoms with van der Waals surface area (Å²) in [7, 11) is 4.50. The number of methoxy groups -OCH3 is 3. The predicted molar refractivity (Wildman–Crippen MR) is 123 cm³/mol. The number of pyridine rings is 1. The fourth-order valence-electron chi connectivity index (χ4n) is 3.32. The molecule has 3 aromatic rings. The van der Waals surface area contributed by atoms with Crippen LogP contribution >= 0.6 is 0 Å². The molecule has 1 unspecified atom stereocenters. The first-order valence-electron chi connectivity index (χ1n) is 10.6. The number of carbonyl (C=O) groups is 1. The lowest BCUT2D eigenvalue weighted by molar-refractivity contribution is -0.141. The van der Waals surface area contributed by atoms with Crippen molar-refractivity contribution in [1.82, 2.24) is 15.0 Å². The van der Waals surface area contributed by atoms with Crippen LogP contribution in [-0.4, -0.2) is 55.0 Å². The predicted octanol–water partition coefficient (Wildman–Crippen LogP) is 3.75. The Balaban J connectivity index is 1.86. The van der Waals surface area contributed by atoms with Crippen molar-refractivity contribution in [1.29, 1.82) is 0 Å². The second-order valence-electron chi connectivity index (χ2n) is 7.20. The number of hydrogen-bond donors (Lipinski definition) is 2. The summed E-state index contributed by atoms with van der Waals surface area (Å²) in [5.41, 5.74) is 2.01. The van der Waals surface area contributed by atoms with Crippen LogP contribution in [-0.2, 0) is 16.1 Å². The van der Waals surface area contributed by atoms with E-state index in [1.54, 1.807) is 32.5 Å². The summed E-state index contributed by atoms with van der Waals surface area (Å²) < 4.78 is 28.1. The summed E-state index contributed by atoms with van der Waals surface area (Å²) in [5, 5.41) is 6.31. The third kappa shape index (κ3) is 6.18. The Morgan fingerprint density at radius 2 is 1.97 bits per heavy atom. The number of nitrogens with zero attached hydrogens (tertiary/aromatic N) is 3. The van der Waals surface area contributed by atoms with E-state index < -0.39 is 18.7 Å². The number of anilines is 2. The number of unbranched alkanes of at least 4 members (excludes halogenated alkanes) is 1. The number of rotatable bonds is 12. The summed E-state index contributed by atoms with van der Waals surface area (Å²) >= 11 is 0. The third-order valence-electron chi connectivity index (χ3n) is 5.06. The molecule has 0 radical (unpaired) electrons. The van der Waals surface area contributed by atoms with Crippen molar-refractivity contribution in [2.75, 3.05) is 38.6 Å². The lowest BCUT2D eigenvalue weighted by Gasteiger charge is -2.18. The first-order valence-corrected chi connectivity index (χ1v) is 10.6. The number of esters is 1. The van der Waals surface area contributed by atoms with Crippen LogP contribution in [0.1, 0.15) is 24.8 Å². The van der Waals surface area contributed by atoms with Gasteiger partial charge in [-0.05, 0) is 43.5 Å². The van der Waals surface area contributed by atoms with E-state index in [1.807, 2.05) is 18.2 Å². The molecule has 0 bridgehead atoms. The number of carbonyl (C=O) groups excluding carboxylic acids is 1. The van der Waals surface area contributed by atoms with Crippen LogP contribution in [0.15, 0.2) is 36.5 Å². The average molecular weight is 458 g/mol. The molecule has 0 aliphatic rings. The van der Waals surface area contributed by atoms with Crippen LogP contribution in [0.3, 0.4) is 0 Å². The number of nitrogens with one attached hydrogen (secondary N) is 2. The Kier molecular flexibility index (Phi) is 8.56. The molecule has 2 aromatic heterocycles. The van der Waals surface area contributed by atoms with Crippen LogP contribution in [0, 0.1) is 0 Å². The first kappa shape index (κ1) is 24.0. The summed E-state index contributed by atoms with van der Waals surface area (Å²) in [6.45, 7) is -0.0376. The van der Waals surface area contributed by atoms with Crippen LogP contribution in [0.4, 0.5) is 16.2 Å². The number of aromatic nitrogens is 3. The summed E-state index contributed by atoms with van der Waals surface area (Å²) in [6.07, 6.45) is 2.93. The van der Waals surface area contributed by atoms with Gasteiger partial charge in [-0.15, -0.1) is 0 Å². The Labute approximate surface area is 191 Å². The molecule has 10 heteroatoms. The van der Waals surface area contributed by atoms with E-state index in [1.165, 1.54) is 7.11 Å². The van der Waals surface area contributed by atoms with Crippen molar-refractivity contribution in [3.63, 3.8) is 0 Å². The van der Waals surface area contributed by atoms with E-state index in [4.69, 9.17) is 14.2 Å². The molecular formula is C23H28FN5O4. The second kappa shape index (κ2) is 11.8. The Morgan fingerprint density at radius 3 is 2.70 bits per heavy atom. The van der Waals surface area contributed by atoms with Gasteiger partial charge in [-0.25, -0.2) is 9.78 Å². The first-order chi connectivity index (χ1) is 16.1. The van der Waals surface area contributed by atoms with Gasteiger partial charge >= 0.3 is 5.97 Å². The van der Waals surface area contributed by atoms with Gasteiger partial charge < -0.3 is 24.8 Å². The van der Waals surface area contributed by atoms with Gasteiger partial charge in [-0.2, -0.15) is 4.98 Å². The zero-order valence-corrected chi connectivity index (χ0v) is 18.9. The molecule has 33 heavy (non-hydrogen) atoms. The number of fused-ring (bicyclic) bond motifs is 1. The van der Waals surface area contributed by atoms with Crippen LogP contribution in [0.5, 0.6) is 11.5 Å². The van der Waals surface area contributed by atoms with E-state index in [2.05, 4.69) is 25.6 Å². The molecule has 9 nitrogen and oxygen atoms in total. The highest BCUT2D eigenvalue weighted by molar-refractivity contribution is 5.88. The highest BCUT2D eigenvalue weighted by Gasteiger charge is 2.21. The number of ether oxygens (including phenoxy) is 3. The zero-order valence-electron chi connectivity index (χ0n) is 18.9. The monoisotopic (exact) mass is 457 g/mol. The third-order valence-corrected chi connectivity index (χ3v) is 5.06. The molecule has 0 spiro atoms. The molecule has 2 heterocycles. The highest BCUT2D eigenvalue weighted by atomic mass is 19.1. The van der Waals surface area contributed by atoms with Gasteiger partial charge in [0.05, 0.1) is 33.5 Å². The van der Waals surface area contributed by atoms with Crippen molar-refractivity contribution >= 4 is 28.8 Å². The summed E-state index contributed by atoms with van der Waals surface area (Å²) in [4.78, 5) is 25.7. The molecule has 3 rings (SSSR count). The molecule has 0 saturated heterocycles. The molecule has 0 aliphatic heterocycles. The van der Waals surface area contributed by atoms with Crippen molar-refractivity contribution in [2.24, 2.45) is 0 Å². The number of alkyl halides is 1. The van der Waals surface area contributed by atoms with E-state index >= 15 is 0 Å². The van der Waals surface area contributed by atoms with Gasteiger partial charge in [0.25, 0.3) is 0 Å². The van der Waals surface area contributed by atoms with Crippen LogP contribution in [0.2, 0.25) is 0 Å². The van der Waals surface area contributed by atoms with Crippen molar-refractivity contribution < 1.29 is 23.4 Å². The standard InChI is InChI=1S/C23H28FN5O4/c1-31-16-10-9-15(19(13-16)32-2)14-26-23-28-17-8-6-12-25-20(17)21(29-23)27-18(22(30)33-3)7-4-5-11-24/h6,8-10,12-13,18H,4-5,7,11,14H2,1-3H3,(H2,26,27,28,29). The number of halogens is 1.